The lowest BCUT2D eigenvalue weighted by Gasteiger charge is -2.36. The summed E-state index contributed by atoms with van der Waals surface area (Å²) in [5, 5.41) is 4.58. The van der Waals surface area contributed by atoms with Crippen LogP contribution < -0.4 is 15.2 Å². The molecule has 3 heterocycles. The maximum absolute atomic E-state index is 13.1. The normalized spacial score (nSPS) is 16.3. The zero-order chi connectivity index (χ0) is 22.1. The summed E-state index contributed by atoms with van der Waals surface area (Å²) in [6, 6.07) is 8.01. The number of methoxy groups -OCH3 is 1. The van der Waals surface area contributed by atoms with Crippen LogP contribution in [0.3, 0.4) is 0 Å². The second-order valence-corrected chi connectivity index (χ2v) is 8.54. The molecule has 1 aliphatic carbocycles. The van der Waals surface area contributed by atoms with Gasteiger partial charge in [-0.3, -0.25) is 9.59 Å². The van der Waals surface area contributed by atoms with E-state index in [1.807, 2.05) is 29.3 Å². The third-order valence-corrected chi connectivity index (χ3v) is 6.65. The first-order valence-corrected chi connectivity index (χ1v) is 11.4. The summed E-state index contributed by atoms with van der Waals surface area (Å²) in [5.41, 5.74) is 3.90. The van der Waals surface area contributed by atoms with E-state index in [9.17, 15) is 9.59 Å². The van der Waals surface area contributed by atoms with Gasteiger partial charge in [-0.15, -0.1) is 0 Å². The maximum atomic E-state index is 13.1. The first kappa shape index (κ1) is 20.6. The van der Waals surface area contributed by atoms with Gasteiger partial charge < -0.3 is 19.1 Å². The number of ether oxygens (including phenoxy) is 1. The van der Waals surface area contributed by atoms with E-state index >= 15 is 0 Å². The van der Waals surface area contributed by atoms with Crippen LogP contribution in [0.4, 0.5) is 5.69 Å². The van der Waals surface area contributed by atoms with Crippen molar-refractivity contribution in [1.82, 2.24) is 19.1 Å². The van der Waals surface area contributed by atoms with Crippen LogP contribution in [0.5, 0.6) is 5.75 Å². The highest BCUT2D eigenvalue weighted by atomic mass is 16.5. The molecule has 0 saturated carbocycles. The van der Waals surface area contributed by atoms with E-state index in [2.05, 4.69) is 16.1 Å². The number of rotatable bonds is 5. The van der Waals surface area contributed by atoms with Crippen LogP contribution in [0.1, 0.15) is 30.5 Å². The molecule has 5 rings (SSSR count). The Labute approximate surface area is 187 Å². The van der Waals surface area contributed by atoms with Gasteiger partial charge >= 0.3 is 0 Å². The Morgan fingerprint density at radius 2 is 1.91 bits per heavy atom. The smallest absolute Gasteiger partial charge is 0.276 e. The number of nitrogens with zero attached hydrogens (tertiary/aromatic N) is 5. The minimum absolute atomic E-state index is 0.0428. The third kappa shape index (κ3) is 3.85. The lowest BCUT2D eigenvalue weighted by atomic mass is 9.97. The number of aromatic nitrogens is 3. The quantitative estimate of drug-likeness (QED) is 0.614. The Bertz CT molecular complexity index is 1190. The fraction of sp³-hybridized carbons (Fsp3) is 0.458. The molecule has 0 N–H and O–H groups in total. The fourth-order valence-electron chi connectivity index (χ4n) is 4.83. The van der Waals surface area contributed by atoms with E-state index in [1.165, 1.54) is 0 Å². The van der Waals surface area contributed by atoms with Gasteiger partial charge in [-0.25, -0.2) is 4.52 Å². The minimum Gasteiger partial charge on any atom is -0.497 e. The predicted octanol–water partition coefficient (Wildman–Crippen LogP) is 2.12. The van der Waals surface area contributed by atoms with Gasteiger partial charge in [-0.1, -0.05) is 6.07 Å². The Hall–Kier alpha value is -3.29. The molecule has 0 radical (unpaired) electrons. The SMILES string of the molecule is COc1cccc(N2CCN(C(=O)CCn3ccn4nc5c(c4c3=O)CCCC5)CC2)c1. The predicted molar refractivity (Wildman–Crippen MR) is 122 cm³/mol. The standard InChI is InChI=1S/C24H29N5O3/c1-32-19-6-4-5-18(17-19)26-11-13-27(14-12-26)22(30)9-10-28-15-16-29-23(24(28)31)20-7-2-3-8-21(20)25-29/h4-6,15-17H,2-3,7-14H2,1H3. The first-order valence-electron chi connectivity index (χ1n) is 11.4. The molecule has 1 amide bonds. The van der Waals surface area contributed by atoms with Crippen LogP contribution in [-0.2, 0) is 24.2 Å². The number of anilines is 1. The summed E-state index contributed by atoms with van der Waals surface area (Å²) in [7, 11) is 1.67. The molecule has 8 heteroatoms. The van der Waals surface area contributed by atoms with Crippen molar-refractivity contribution in [2.45, 2.75) is 38.6 Å². The van der Waals surface area contributed by atoms with Crippen LogP contribution >= 0.6 is 0 Å². The van der Waals surface area contributed by atoms with Crippen molar-refractivity contribution in [3.05, 3.63) is 58.3 Å². The molecule has 168 valence electrons. The largest absolute Gasteiger partial charge is 0.497 e. The number of amides is 1. The number of hydrogen-bond donors (Lipinski definition) is 0. The number of hydrogen-bond acceptors (Lipinski definition) is 5. The molecular formula is C24H29N5O3. The highest BCUT2D eigenvalue weighted by Crippen LogP contribution is 2.23. The van der Waals surface area contributed by atoms with Crippen LogP contribution in [0.2, 0.25) is 0 Å². The van der Waals surface area contributed by atoms with Crippen LogP contribution in [0.25, 0.3) is 5.52 Å². The average Bonchev–Trinajstić information content (AvgIpc) is 3.23. The molecule has 0 bridgehead atoms. The minimum atomic E-state index is -0.0428. The van der Waals surface area contributed by atoms with Gasteiger partial charge in [-0.05, 0) is 37.8 Å². The monoisotopic (exact) mass is 435 g/mol. The average molecular weight is 436 g/mol. The van der Waals surface area contributed by atoms with E-state index in [-0.39, 0.29) is 11.5 Å². The summed E-state index contributed by atoms with van der Waals surface area (Å²) in [6.45, 7) is 3.32. The zero-order valence-electron chi connectivity index (χ0n) is 18.5. The lowest BCUT2D eigenvalue weighted by Crippen LogP contribution is -2.49. The molecule has 32 heavy (non-hydrogen) atoms. The third-order valence-electron chi connectivity index (χ3n) is 6.65. The summed E-state index contributed by atoms with van der Waals surface area (Å²) >= 11 is 0. The molecule has 1 fully saturated rings. The highest BCUT2D eigenvalue weighted by molar-refractivity contribution is 5.76. The molecule has 1 saturated heterocycles. The van der Waals surface area contributed by atoms with Gasteiger partial charge in [0.25, 0.3) is 5.56 Å². The maximum Gasteiger partial charge on any atom is 0.276 e. The number of fused-ring (bicyclic) bond motifs is 3. The summed E-state index contributed by atoms with van der Waals surface area (Å²) in [4.78, 5) is 30.1. The van der Waals surface area contributed by atoms with E-state index in [0.29, 0.717) is 31.6 Å². The second kappa shape index (κ2) is 8.68. The molecule has 1 aromatic carbocycles. The van der Waals surface area contributed by atoms with Crippen LogP contribution in [0.15, 0.2) is 41.5 Å². The molecular weight excluding hydrogens is 406 g/mol. The van der Waals surface area contributed by atoms with Crippen molar-refractivity contribution >= 4 is 17.1 Å². The Balaban J connectivity index is 1.21. The van der Waals surface area contributed by atoms with E-state index in [4.69, 9.17) is 4.74 Å². The number of piperazine rings is 1. The zero-order valence-corrected chi connectivity index (χ0v) is 18.5. The number of aryl methyl sites for hydroxylation is 3. The van der Waals surface area contributed by atoms with Crippen LogP contribution in [0, 0.1) is 0 Å². The van der Waals surface area contributed by atoms with E-state index < -0.39 is 0 Å². The van der Waals surface area contributed by atoms with Crippen molar-refractivity contribution < 1.29 is 9.53 Å². The fourth-order valence-corrected chi connectivity index (χ4v) is 4.83. The van der Waals surface area contributed by atoms with Gasteiger partial charge in [0.05, 0.1) is 12.8 Å². The molecule has 8 nitrogen and oxygen atoms in total. The summed E-state index contributed by atoms with van der Waals surface area (Å²) in [5.74, 6) is 0.931. The van der Waals surface area contributed by atoms with Crippen LogP contribution in [-0.4, -0.2) is 58.3 Å². The number of carbonyl (C=O) groups excluding carboxylic acids is 1. The van der Waals surface area contributed by atoms with Gasteiger partial charge in [-0.2, -0.15) is 5.10 Å². The Kier molecular flexibility index (Phi) is 5.59. The van der Waals surface area contributed by atoms with Crippen molar-refractivity contribution in [1.29, 1.82) is 0 Å². The highest BCUT2D eigenvalue weighted by Gasteiger charge is 2.23. The van der Waals surface area contributed by atoms with Crippen molar-refractivity contribution in [3.63, 3.8) is 0 Å². The second-order valence-electron chi connectivity index (χ2n) is 8.54. The van der Waals surface area contributed by atoms with Gasteiger partial charge in [0, 0.05) is 68.9 Å². The van der Waals surface area contributed by atoms with Crippen molar-refractivity contribution in [3.8, 4) is 5.75 Å². The Morgan fingerprint density at radius 1 is 1.09 bits per heavy atom. The molecule has 0 spiro atoms. The summed E-state index contributed by atoms with van der Waals surface area (Å²) < 4.78 is 8.70. The molecule has 1 aliphatic heterocycles. The molecule has 2 aromatic heterocycles. The van der Waals surface area contributed by atoms with Gasteiger partial charge in [0.2, 0.25) is 5.91 Å². The molecule has 0 atom stereocenters. The van der Waals surface area contributed by atoms with E-state index in [1.54, 1.807) is 22.4 Å². The van der Waals surface area contributed by atoms with Crippen molar-refractivity contribution in [2.75, 3.05) is 38.2 Å². The Morgan fingerprint density at radius 3 is 2.72 bits per heavy atom. The van der Waals surface area contributed by atoms with E-state index in [0.717, 1.165) is 61.5 Å². The summed E-state index contributed by atoms with van der Waals surface area (Å²) in [6.07, 6.45) is 8.00. The topological polar surface area (TPSA) is 72.1 Å². The van der Waals surface area contributed by atoms with Gasteiger partial charge in [0.1, 0.15) is 11.3 Å². The number of carbonyl (C=O) groups is 1. The first-order chi connectivity index (χ1) is 15.6. The number of benzene rings is 1. The van der Waals surface area contributed by atoms with Crippen molar-refractivity contribution in [2.24, 2.45) is 0 Å². The molecule has 3 aromatic rings. The molecule has 0 unspecified atom stereocenters. The van der Waals surface area contributed by atoms with Gasteiger partial charge in [0.15, 0.2) is 0 Å². The lowest BCUT2D eigenvalue weighted by molar-refractivity contribution is -0.131. The molecule has 2 aliphatic rings.